The van der Waals surface area contributed by atoms with Gasteiger partial charge in [0.1, 0.15) is 11.2 Å². The fourth-order valence-electron chi connectivity index (χ4n) is 3.40. The lowest BCUT2D eigenvalue weighted by Gasteiger charge is -2.36. The highest BCUT2D eigenvalue weighted by Crippen LogP contribution is 2.38. The van der Waals surface area contributed by atoms with Gasteiger partial charge in [-0.05, 0) is 58.3 Å². The van der Waals surface area contributed by atoms with E-state index in [4.69, 9.17) is 11.6 Å². The molecule has 4 rings (SSSR count). The molecule has 2 aromatic heterocycles. The number of pyridine rings is 1. The van der Waals surface area contributed by atoms with Crippen LogP contribution in [0.15, 0.2) is 24.5 Å². The second kappa shape index (κ2) is 5.46. The number of aromatic nitrogens is 2. The minimum atomic E-state index is -0.718. The number of halogens is 1. The molecule has 1 saturated carbocycles. The largest absolute Gasteiger partial charge is 0.347 e. The van der Waals surface area contributed by atoms with Crippen LogP contribution in [-0.4, -0.2) is 45.5 Å². The first kappa shape index (κ1) is 15.9. The Hall–Kier alpha value is -1.59. The fraction of sp³-hybridized carbons (Fsp3) is 0.556. The molecule has 1 aliphatic carbocycles. The van der Waals surface area contributed by atoms with Gasteiger partial charge in [-0.15, -0.1) is 0 Å². The average Bonchev–Trinajstić information content (AvgIpc) is 3.09. The monoisotopic (exact) mass is 346 g/mol. The van der Waals surface area contributed by atoms with E-state index in [9.17, 15) is 4.79 Å². The number of nitrogens with zero attached hydrogens (tertiary/aromatic N) is 3. The van der Waals surface area contributed by atoms with Crippen LogP contribution in [0.4, 0.5) is 0 Å². The number of carbonyl (C=O) groups is 1. The molecule has 5 nitrogen and oxygen atoms in total. The van der Waals surface area contributed by atoms with Crippen molar-refractivity contribution < 1.29 is 4.79 Å². The van der Waals surface area contributed by atoms with Crippen molar-refractivity contribution >= 4 is 28.5 Å². The summed E-state index contributed by atoms with van der Waals surface area (Å²) < 4.78 is 1.92. The number of hydrogen-bond donors (Lipinski definition) is 1. The van der Waals surface area contributed by atoms with Crippen molar-refractivity contribution in [2.75, 3.05) is 19.6 Å². The molecule has 2 aliphatic rings. The first-order valence-corrected chi connectivity index (χ1v) is 8.96. The minimum Gasteiger partial charge on any atom is -0.347 e. The summed E-state index contributed by atoms with van der Waals surface area (Å²) in [5.74, 6) is 0.0415. The van der Waals surface area contributed by atoms with Gasteiger partial charge in [0.2, 0.25) is 5.91 Å². The second-order valence-electron chi connectivity index (χ2n) is 7.64. The fourth-order valence-corrected chi connectivity index (χ4v) is 3.60. The molecule has 1 saturated heterocycles. The van der Waals surface area contributed by atoms with E-state index in [0.29, 0.717) is 5.02 Å². The molecule has 6 heteroatoms. The van der Waals surface area contributed by atoms with Crippen molar-refractivity contribution in [1.29, 1.82) is 0 Å². The van der Waals surface area contributed by atoms with Crippen LogP contribution < -0.4 is 5.32 Å². The molecule has 24 heavy (non-hydrogen) atoms. The van der Waals surface area contributed by atoms with Gasteiger partial charge in [0, 0.05) is 24.3 Å². The van der Waals surface area contributed by atoms with Crippen molar-refractivity contribution in [3.63, 3.8) is 0 Å². The van der Waals surface area contributed by atoms with Crippen LogP contribution in [0.1, 0.15) is 33.1 Å². The quantitative estimate of drug-likeness (QED) is 0.905. The average molecular weight is 347 g/mol. The normalized spacial score (nSPS) is 20.0. The van der Waals surface area contributed by atoms with Gasteiger partial charge in [0.25, 0.3) is 0 Å². The molecule has 2 aromatic rings. The van der Waals surface area contributed by atoms with Crippen molar-refractivity contribution in [2.24, 2.45) is 0 Å². The summed E-state index contributed by atoms with van der Waals surface area (Å²) in [6.45, 7) is 7.16. The van der Waals surface area contributed by atoms with Gasteiger partial charge in [-0.25, -0.2) is 4.98 Å². The zero-order valence-electron chi connectivity index (χ0n) is 14.2. The molecule has 1 N–H and O–H groups in total. The maximum Gasteiger partial charge on any atom is 0.246 e. The molecule has 0 unspecified atom stereocenters. The number of rotatable bonds is 5. The topological polar surface area (TPSA) is 50.2 Å². The number of nitrogens with one attached hydrogen (secondary N) is 1. The number of fused-ring (bicyclic) bond motifs is 1. The number of amides is 1. The van der Waals surface area contributed by atoms with E-state index in [1.54, 1.807) is 12.3 Å². The molecule has 0 radical (unpaired) electrons. The summed E-state index contributed by atoms with van der Waals surface area (Å²) in [6.07, 6.45) is 7.00. The van der Waals surface area contributed by atoms with Crippen LogP contribution >= 0.6 is 11.6 Å². The molecule has 2 fully saturated rings. The van der Waals surface area contributed by atoms with E-state index in [1.807, 2.05) is 30.7 Å². The molecule has 0 bridgehead atoms. The van der Waals surface area contributed by atoms with Crippen LogP contribution in [0.3, 0.4) is 0 Å². The first-order chi connectivity index (χ1) is 11.4. The lowest BCUT2D eigenvalue weighted by molar-refractivity contribution is -0.129. The van der Waals surface area contributed by atoms with Crippen LogP contribution in [0.25, 0.3) is 11.0 Å². The van der Waals surface area contributed by atoms with E-state index >= 15 is 0 Å². The second-order valence-corrected chi connectivity index (χ2v) is 8.05. The summed E-state index contributed by atoms with van der Waals surface area (Å²) in [5.41, 5.74) is 0.00231. The van der Waals surface area contributed by atoms with Crippen LogP contribution in [0.2, 0.25) is 5.02 Å². The maximum absolute atomic E-state index is 13.0. The maximum atomic E-state index is 13.0. The highest BCUT2D eigenvalue weighted by atomic mass is 35.5. The predicted octanol–water partition coefficient (Wildman–Crippen LogP) is 2.78. The van der Waals surface area contributed by atoms with E-state index in [0.717, 1.165) is 43.5 Å². The molecule has 0 aromatic carbocycles. The molecular weight excluding hydrogens is 324 g/mol. The summed E-state index contributed by atoms with van der Waals surface area (Å²) in [4.78, 5) is 19.9. The molecule has 128 valence electrons. The van der Waals surface area contributed by atoms with E-state index < -0.39 is 5.54 Å². The van der Waals surface area contributed by atoms with Gasteiger partial charge >= 0.3 is 0 Å². The Morgan fingerprint density at radius 3 is 2.75 bits per heavy atom. The van der Waals surface area contributed by atoms with E-state index in [2.05, 4.69) is 15.2 Å². The predicted molar refractivity (Wildman–Crippen MR) is 95.2 cm³/mol. The van der Waals surface area contributed by atoms with Gasteiger partial charge in [-0.2, -0.15) is 0 Å². The summed E-state index contributed by atoms with van der Waals surface area (Å²) >= 11 is 6.24. The van der Waals surface area contributed by atoms with E-state index in [-0.39, 0.29) is 11.4 Å². The smallest absolute Gasteiger partial charge is 0.246 e. The first-order valence-electron chi connectivity index (χ1n) is 8.58. The van der Waals surface area contributed by atoms with Crippen molar-refractivity contribution in [1.82, 2.24) is 19.8 Å². The van der Waals surface area contributed by atoms with Crippen molar-refractivity contribution in [3.8, 4) is 0 Å². The summed E-state index contributed by atoms with van der Waals surface area (Å²) in [5, 5.41) is 4.85. The lowest BCUT2D eigenvalue weighted by Crippen LogP contribution is -2.54. The Labute approximate surface area is 147 Å². The van der Waals surface area contributed by atoms with Crippen LogP contribution in [0.5, 0.6) is 0 Å². The zero-order valence-corrected chi connectivity index (χ0v) is 14.9. The molecule has 1 amide bonds. The van der Waals surface area contributed by atoms with Crippen molar-refractivity contribution in [3.05, 3.63) is 29.5 Å². The van der Waals surface area contributed by atoms with Crippen LogP contribution in [-0.2, 0) is 10.3 Å². The molecule has 1 aliphatic heterocycles. The van der Waals surface area contributed by atoms with Gasteiger partial charge in [0.15, 0.2) is 0 Å². The van der Waals surface area contributed by atoms with Crippen LogP contribution in [0, 0.1) is 0 Å². The standard InChI is InChI=1S/C18H23ClN4O/c1-17(2,23-11-5-13-14(19)4-8-20-15(13)23)16(24)21-18(6-7-18)12-22-9-3-10-22/h4-5,8,11H,3,6-7,9-10,12H2,1-2H3,(H,21,24). The highest BCUT2D eigenvalue weighted by Gasteiger charge is 2.48. The lowest BCUT2D eigenvalue weighted by atomic mass is 10.0. The Morgan fingerprint density at radius 1 is 1.38 bits per heavy atom. The Balaban J connectivity index is 1.57. The van der Waals surface area contributed by atoms with E-state index in [1.165, 1.54) is 6.42 Å². The number of hydrogen-bond acceptors (Lipinski definition) is 3. The summed E-state index contributed by atoms with van der Waals surface area (Å²) in [6, 6.07) is 3.69. The summed E-state index contributed by atoms with van der Waals surface area (Å²) in [7, 11) is 0. The Kier molecular flexibility index (Phi) is 3.62. The molecule has 0 atom stereocenters. The number of carbonyl (C=O) groups excluding carboxylic acids is 1. The Morgan fingerprint density at radius 2 is 2.12 bits per heavy atom. The van der Waals surface area contributed by atoms with Gasteiger partial charge in [0.05, 0.1) is 10.6 Å². The molecule has 3 heterocycles. The SMILES string of the molecule is CC(C)(C(=O)NC1(CN2CCC2)CC1)n1ccc2c(Cl)ccnc21. The van der Waals surface area contributed by atoms with Gasteiger partial charge < -0.3 is 14.8 Å². The molecule has 0 spiro atoms. The highest BCUT2D eigenvalue weighted by molar-refractivity contribution is 6.35. The Bertz CT molecular complexity index is 789. The minimum absolute atomic E-state index is 0.0250. The van der Waals surface area contributed by atoms with Gasteiger partial charge in [-0.1, -0.05) is 11.6 Å². The molecular formula is C18H23ClN4O. The third-order valence-corrected chi connectivity index (χ3v) is 5.73. The third kappa shape index (κ3) is 2.60. The van der Waals surface area contributed by atoms with Crippen molar-refractivity contribution in [2.45, 2.75) is 44.2 Å². The third-order valence-electron chi connectivity index (χ3n) is 5.40. The number of likely N-dealkylation sites (tertiary alicyclic amines) is 1. The zero-order chi connectivity index (χ0) is 16.9. The van der Waals surface area contributed by atoms with Gasteiger partial charge in [-0.3, -0.25) is 4.79 Å².